The molecule has 1 saturated heterocycles. The van der Waals surface area contributed by atoms with E-state index in [2.05, 4.69) is 5.32 Å². The van der Waals surface area contributed by atoms with E-state index >= 15 is 0 Å². The van der Waals surface area contributed by atoms with Crippen molar-refractivity contribution < 1.29 is 24.2 Å². The molecule has 0 aromatic carbocycles. The number of aliphatic carboxylic acids is 1. The van der Waals surface area contributed by atoms with E-state index in [4.69, 9.17) is 9.84 Å². The van der Waals surface area contributed by atoms with E-state index in [-0.39, 0.29) is 29.9 Å². The SMILES string of the molecule is CCCNC(=O)C1COCCN1C(=O)CSCC(=O)O. The first-order valence-electron chi connectivity index (χ1n) is 6.50. The number of carbonyl (C=O) groups excluding carboxylic acids is 2. The molecule has 1 atom stereocenters. The number of carboxylic acids is 1. The molecule has 1 aliphatic rings. The number of carboxylic acid groups (broad SMARTS) is 1. The van der Waals surface area contributed by atoms with Crippen LogP contribution in [-0.4, -0.2) is 71.6 Å². The van der Waals surface area contributed by atoms with E-state index in [0.717, 1.165) is 18.2 Å². The zero-order valence-corrected chi connectivity index (χ0v) is 12.3. The Morgan fingerprint density at radius 1 is 1.40 bits per heavy atom. The number of hydrogen-bond acceptors (Lipinski definition) is 5. The summed E-state index contributed by atoms with van der Waals surface area (Å²) in [6.07, 6.45) is 0.821. The largest absolute Gasteiger partial charge is 0.481 e. The van der Waals surface area contributed by atoms with Crippen molar-refractivity contribution in [2.24, 2.45) is 0 Å². The summed E-state index contributed by atoms with van der Waals surface area (Å²) in [6.45, 7) is 3.45. The Morgan fingerprint density at radius 3 is 2.80 bits per heavy atom. The summed E-state index contributed by atoms with van der Waals surface area (Å²) in [5.41, 5.74) is 0. The summed E-state index contributed by atoms with van der Waals surface area (Å²) in [6, 6.07) is -0.617. The number of hydrogen-bond donors (Lipinski definition) is 2. The second kappa shape index (κ2) is 8.80. The minimum atomic E-state index is -0.956. The lowest BCUT2D eigenvalue weighted by atomic mass is 10.2. The zero-order valence-electron chi connectivity index (χ0n) is 11.5. The molecule has 0 aromatic rings. The molecule has 1 heterocycles. The number of carbonyl (C=O) groups is 3. The van der Waals surface area contributed by atoms with Gasteiger partial charge in [0.05, 0.1) is 24.7 Å². The van der Waals surface area contributed by atoms with Crippen molar-refractivity contribution in [3.8, 4) is 0 Å². The fourth-order valence-electron chi connectivity index (χ4n) is 1.79. The highest BCUT2D eigenvalue weighted by Gasteiger charge is 2.32. The molecule has 114 valence electrons. The van der Waals surface area contributed by atoms with Gasteiger partial charge < -0.3 is 20.1 Å². The molecular weight excluding hydrogens is 284 g/mol. The summed E-state index contributed by atoms with van der Waals surface area (Å²) in [4.78, 5) is 35.9. The van der Waals surface area contributed by atoms with Gasteiger partial charge in [0.2, 0.25) is 11.8 Å². The van der Waals surface area contributed by atoms with Gasteiger partial charge in [-0.2, -0.15) is 0 Å². The second-order valence-corrected chi connectivity index (χ2v) is 5.34. The molecule has 0 spiro atoms. The van der Waals surface area contributed by atoms with E-state index in [1.54, 1.807) is 0 Å². The predicted octanol–water partition coefficient (Wildman–Crippen LogP) is -0.442. The van der Waals surface area contributed by atoms with Crippen molar-refractivity contribution in [1.29, 1.82) is 0 Å². The number of amides is 2. The Balaban J connectivity index is 2.52. The standard InChI is InChI=1S/C12H20N2O5S/c1-2-3-13-12(18)9-6-19-5-4-14(9)10(15)7-20-8-11(16)17/h9H,2-8H2,1H3,(H,13,18)(H,16,17). The number of ether oxygens (including phenoxy) is 1. The van der Waals surface area contributed by atoms with Crippen molar-refractivity contribution >= 4 is 29.5 Å². The topological polar surface area (TPSA) is 95.9 Å². The van der Waals surface area contributed by atoms with Crippen LogP contribution in [0.4, 0.5) is 0 Å². The maximum absolute atomic E-state index is 12.0. The number of morpholine rings is 1. The minimum Gasteiger partial charge on any atom is -0.481 e. The maximum Gasteiger partial charge on any atom is 0.313 e. The Labute approximate surface area is 122 Å². The summed E-state index contributed by atoms with van der Waals surface area (Å²) < 4.78 is 5.25. The van der Waals surface area contributed by atoms with Gasteiger partial charge in [-0.3, -0.25) is 14.4 Å². The smallest absolute Gasteiger partial charge is 0.313 e. The van der Waals surface area contributed by atoms with E-state index in [1.807, 2.05) is 6.92 Å². The van der Waals surface area contributed by atoms with Gasteiger partial charge in [0.25, 0.3) is 0 Å². The maximum atomic E-state index is 12.0. The number of rotatable bonds is 7. The molecule has 1 rings (SSSR count). The van der Waals surface area contributed by atoms with Crippen LogP contribution in [-0.2, 0) is 19.1 Å². The normalized spacial score (nSPS) is 18.6. The molecule has 0 radical (unpaired) electrons. The van der Waals surface area contributed by atoms with Gasteiger partial charge in [-0.1, -0.05) is 6.92 Å². The number of nitrogens with one attached hydrogen (secondary N) is 1. The molecule has 2 amide bonds. The molecule has 0 aromatic heterocycles. The molecule has 0 saturated carbocycles. The average Bonchev–Trinajstić information content (AvgIpc) is 2.44. The molecule has 0 bridgehead atoms. The van der Waals surface area contributed by atoms with Crippen molar-refractivity contribution in [2.75, 3.05) is 37.8 Å². The van der Waals surface area contributed by atoms with Gasteiger partial charge in [0, 0.05) is 13.1 Å². The van der Waals surface area contributed by atoms with Gasteiger partial charge in [-0.15, -0.1) is 11.8 Å². The number of thioether (sulfide) groups is 1. The van der Waals surface area contributed by atoms with Crippen molar-refractivity contribution in [1.82, 2.24) is 10.2 Å². The first-order valence-corrected chi connectivity index (χ1v) is 7.66. The minimum absolute atomic E-state index is 0.0594. The highest BCUT2D eigenvalue weighted by molar-refractivity contribution is 8.00. The summed E-state index contributed by atoms with van der Waals surface area (Å²) in [7, 11) is 0. The highest BCUT2D eigenvalue weighted by atomic mass is 32.2. The number of nitrogens with zero attached hydrogens (tertiary/aromatic N) is 1. The van der Waals surface area contributed by atoms with E-state index in [0.29, 0.717) is 19.7 Å². The monoisotopic (exact) mass is 304 g/mol. The highest BCUT2D eigenvalue weighted by Crippen LogP contribution is 2.11. The first-order chi connectivity index (χ1) is 9.56. The molecule has 8 heteroatoms. The third-order valence-electron chi connectivity index (χ3n) is 2.75. The van der Waals surface area contributed by atoms with Crippen LogP contribution in [0, 0.1) is 0 Å². The van der Waals surface area contributed by atoms with Crippen molar-refractivity contribution in [3.63, 3.8) is 0 Å². The average molecular weight is 304 g/mol. The fraction of sp³-hybridized carbons (Fsp3) is 0.750. The lowest BCUT2D eigenvalue weighted by Gasteiger charge is -2.34. The lowest BCUT2D eigenvalue weighted by Crippen LogP contribution is -2.56. The van der Waals surface area contributed by atoms with E-state index in [9.17, 15) is 14.4 Å². The van der Waals surface area contributed by atoms with E-state index in [1.165, 1.54) is 4.90 Å². The lowest BCUT2D eigenvalue weighted by molar-refractivity contribution is -0.146. The Morgan fingerprint density at radius 2 is 2.15 bits per heavy atom. The van der Waals surface area contributed by atoms with Crippen LogP contribution >= 0.6 is 11.8 Å². The molecule has 1 aliphatic heterocycles. The molecule has 0 aliphatic carbocycles. The van der Waals surface area contributed by atoms with E-state index < -0.39 is 12.0 Å². The molecule has 7 nitrogen and oxygen atoms in total. The van der Waals surface area contributed by atoms with Gasteiger partial charge in [0.1, 0.15) is 6.04 Å². The van der Waals surface area contributed by atoms with Crippen molar-refractivity contribution in [3.05, 3.63) is 0 Å². The van der Waals surface area contributed by atoms with Crippen LogP contribution in [0.15, 0.2) is 0 Å². The van der Waals surface area contributed by atoms with Crippen molar-refractivity contribution in [2.45, 2.75) is 19.4 Å². The van der Waals surface area contributed by atoms with Crippen LogP contribution in [0.25, 0.3) is 0 Å². The van der Waals surface area contributed by atoms with Crippen LogP contribution in [0.3, 0.4) is 0 Å². The van der Waals surface area contributed by atoms with Crippen LogP contribution in [0.5, 0.6) is 0 Å². The molecule has 1 unspecified atom stereocenters. The quantitative estimate of drug-likeness (QED) is 0.662. The van der Waals surface area contributed by atoms with Crippen LogP contribution in [0.2, 0.25) is 0 Å². The summed E-state index contributed by atoms with van der Waals surface area (Å²) in [5, 5.41) is 11.3. The Bertz CT molecular complexity index is 364. The van der Waals surface area contributed by atoms with Gasteiger partial charge in [-0.25, -0.2) is 0 Å². The third-order valence-corrected chi connectivity index (χ3v) is 3.65. The molecular formula is C12H20N2O5S. The predicted molar refractivity (Wildman–Crippen MR) is 74.6 cm³/mol. The van der Waals surface area contributed by atoms with Gasteiger partial charge in [0.15, 0.2) is 0 Å². The Kier molecular flexibility index (Phi) is 7.38. The first kappa shape index (κ1) is 16.8. The fourth-order valence-corrected chi connectivity index (χ4v) is 2.41. The van der Waals surface area contributed by atoms with Crippen LogP contribution in [0.1, 0.15) is 13.3 Å². The van der Waals surface area contributed by atoms with Gasteiger partial charge >= 0.3 is 5.97 Å². The zero-order chi connectivity index (χ0) is 15.0. The molecule has 20 heavy (non-hydrogen) atoms. The summed E-state index contributed by atoms with van der Waals surface area (Å²) in [5.74, 6) is -1.46. The Hall–Kier alpha value is -1.28. The van der Waals surface area contributed by atoms with Gasteiger partial charge in [-0.05, 0) is 6.42 Å². The molecule has 2 N–H and O–H groups in total. The third kappa shape index (κ3) is 5.38. The van der Waals surface area contributed by atoms with Crippen LogP contribution < -0.4 is 5.32 Å². The molecule has 1 fully saturated rings. The summed E-state index contributed by atoms with van der Waals surface area (Å²) >= 11 is 1.03. The second-order valence-electron chi connectivity index (χ2n) is 4.36.